The fourth-order valence-corrected chi connectivity index (χ4v) is 1.54. The van der Waals surface area contributed by atoms with Crippen LogP contribution in [0.1, 0.15) is 11.1 Å². The van der Waals surface area contributed by atoms with Gasteiger partial charge in [-0.15, -0.1) is 0 Å². The summed E-state index contributed by atoms with van der Waals surface area (Å²) in [5.41, 5.74) is 7.76. The zero-order valence-electron chi connectivity index (χ0n) is 9.52. The Bertz CT molecular complexity index is 335. The van der Waals surface area contributed by atoms with Gasteiger partial charge in [0, 0.05) is 19.6 Å². The molecule has 0 aliphatic rings. The first kappa shape index (κ1) is 12.7. The summed E-state index contributed by atoms with van der Waals surface area (Å²) < 4.78 is 0. The van der Waals surface area contributed by atoms with Crippen molar-refractivity contribution >= 4 is 5.97 Å². The molecule has 0 radical (unpaired) electrons. The first-order valence-corrected chi connectivity index (χ1v) is 5.31. The lowest BCUT2D eigenvalue weighted by atomic mass is 10.1. The second-order valence-electron chi connectivity index (χ2n) is 3.88. The molecule has 0 amide bonds. The van der Waals surface area contributed by atoms with Gasteiger partial charge in [-0.3, -0.25) is 9.69 Å². The number of nitrogens with zero attached hydrogens (tertiary/aromatic N) is 1. The summed E-state index contributed by atoms with van der Waals surface area (Å²) in [5, 5.41) is 8.75. The largest absolute Gasteiger partial charge is 0.480 e. The molecule has 0 aliphatic heterocycles. The van der Waals surface area contributed by atoms with Gasteiger partial charge in [-0.2, -0.15) is 0 Å². The molecule has 0 bridgehead atoms. The first-order valence-electron chi connectivity index (χ1n) is 5.31. The molecule has 0 spiro atoms. The van der Waals surface area contributed by atoms with Gasteiger partial charge in [-0.05, 0) is 12.5 Å². The molecule has 0 aromatic heterocycles. The van der Waals surface area contributed by atoms with Gasteiger partial charge in [0.15, 0.2) is 0 Å². The Balaban J connectivity index is 2.59. The number of benzene rings is 1. The van der Waals surface area contributed by atoms with Crippen LogP contribution in [0.4, 0.5) is 0 Å². The average molecular weight is 222 g/mol. The predicted molar refractivity (Wildman–Crippen MR) is 63.1 cm³/mol. The third-order valence-electron chi connectivity index (χ3n) is 2.33. The fourth-order valence-electron chi connectivity index (χ4n) is 1.54. The molecule has 0 aliphatic carbocycles. The van der Waals surface area contributed by atoms with Gasteiger partial charge in [-0.1, -0.05) is 29.8 Å². The van der Waals surface area contributed by atoms with E-state index in [2.05, 4.69) is 0 Å². The van der Waals surface area contributed by atoms with Crippen molar-refractivity contribution in [2.45, 2.75) is 13.5 Å². The van der Waals surface area contributed by atoms with Crippen LogP contribution in [0.25, 0.3) is 0 Å². The van der Waals surface area contributed by atoms with Crippen LogP contribution in [0.15, 0.2) is 24.3 Å². The molecule has 1 aromatic carbocycles. The summed E-state index contributed by atoms with van der Waals surface area (Å²) in [6.45, 7) is 3.76. The summed E-state index contributed by atoms with van der Waals surface area (Å²) in [6.07, 6.45) is 0. The highest BCUT2D eigenvalue weighted by Crippen LogP contribution is 2.06. The number of hydrogen-bond donors (Lipinski definition) is 2. The van der Waals surface area contributed by atoms with Crippen LogP contribution in [0.3, 0.4) is 0 Å². The lowest BCUT2D eigenvalue weighted by Crippen LogP contribution is -2.33. The number of carboxylic acid groups (broad SMARTS) is 1. The summed E-state index contributed by atoms with van der Waals surface area (Å²) in [5.74, 6) is -0.819. The number of aliphatic carboxylic acids is 1. The average Bonchev–Trinajstić information content (AvgIpc) is 2.21. The molecule has 1 aromatic rings. The zero-order valence-corrected chi connectivity index (χ0v) is 9.52. The lowest BCUT2D eigenvalue weighted by Gasteiger charge is -2.19. The topological polar surface area (TPSA) is 66.6 Å². The van der Waals surface area contributed by atoms with E-state index in [1.54, 1.807) is 0 Å². The van der Waals surface area contributed by atoms with Crippen LogP contribution in [0.2, 0.25) is 0 Å². The maximum absolute atomic E-state index is 10.6. The van der Waals surface area contributed by atoms with Crippen LogP contribution < -0.4 is 5.73 Å². The number of nitrogens with two attached hydrogens (primary N) is 1. The standard InChI is InChI=1S/C12H18N2O2/c1-10-2-4-11(5-3-10)8-14(7-6-13)9-12(15)16/h2-5H,6-9,13H2,1H3,(H,15,16). The monoisotopic (exact) mass is 222 g/mol. The van der Waals surface area contributed by atoms with Crippen molar-refractivity contribution in [3.63, 3.8) is 0 Å². The van der Waals surface area contributed by atoms with E-state index in [1.165, 1.54) is 5.56 Å². The fraction of sp³-hybridized carbons (Fsp3) is 0.417. The quantitative estimate of drug-likeness (QED) is 0.748. The molecule has 0 saturated carbocycles. The van der Waals surface area contributed by atoms with E-state index < -0.39 is 5.97 Å². The second kappa shape index (κ2) is 6.25. The van der Waals surface area contributed by atoms with Crippen molar-refractivity contribution in [1.82, 2.24) is 4.90 Å². The SMILES string of the molecule is Cc1ccc(CN(CCN)CC(=O)O)cc1. The third-order valence-corrected chi connectivity index (χ3v) is 2.33. The molecule has 0 fully saturated rings. The molecule has 16 heavy (non-hydrogen) atoms. The number of carboxylic acids is 1. The van der Waals surface area contributed by atoms with Crippen molar-refractivity contribution in [2.75, 3.05) is 19.6 Å². The number of aryl methyl sites for hydroxylation is 1. The highest BCUT2D eigenvalue weighted by Gasteiger charge is 2.08. The maximum Gasteiger partial charge on any atom is 0.317 e. The molecular formula is C12H18N2O2. The van der Waals surface area contributed by atoms with E-state index in [4.69, 9.17) is 10.8 Å². The lowest BCUT2D eigenvalue weighted by molar-refractivity contribution is -0.138. The normalized spacial score (nSPS) is 10.7. The highest BCUT2D eigenvalue weighted by atomic mass is 16.4. The van der Waals surface area contributed by atoms with Crippen LogP contribution >= 0.6 is 0 Å². The molecule has 0 atom stereocenters. The van der Waals surface area contributed by atoms with E-state index >= 15 is 0 Å². The highest BCUT2D eigenvalue weighted by molar-refractivity contribution is 5.69. The Hall–Kier alpha value is -1.39. The minimum absolute atomic E-state index is 0.0328. The van der Waals surface area contributed by atoms with Crippen molar-refractivity contribution < 1.29 is 9.90 Å². The molecule has 1 rings (SSSR count). The molecule has 4 heteroatoms. The first-order chi connectivity index (χ1) is 7.61. The van der Waals surface area contributed by atoms with Crippen molar-refractivity contribution in [1.29, 1.82) is 0 Å². The maximum atomic E-state index is 10.6. The van der Waals surface area contributed by atoms with Crippen molar-refractivity contribution in [3.8, 4) is 0 Å². The Morgan fingerprint density at radius 3 is 2.50 bits per heavy atom. The van der Waals surface area contributed by atoms with E-state index in [0.717, 1.165) is 5.56 Å². The van der Waals surface area contributed by atoms with Gasteiger partial charge in [0.25, 0.3) is 0 Å². The smallest absolute Gasteiger partial charge is 0.317 e. The number of rotatable bonds is 6. The molecule has 88 valence electrons. The Kier molecular flexibility index (Phi) is 4.95. The van der Waals surface area contributed by atoms with Gasteiger partial charge >= 0.3 is 5.97 Å². The predicted octanol–water partition coefficient (Wildman–Crippen LogP) is 0.840. The van der Waals surface area contributed by atoms with E-state index in [9.17, 15) is 4.79 Å². The van der Waals surface area contributed by atoms with Gasteiger partial charge < -0.3 is 10.8 Å². The molecule has 3 N–H and O–H groups in total. The zero-order chi connectivity index (χ0) is 12.0. The minimum atomic E-state index is -0.819. The van der Waals surface area contributed by atoms with Crippen molar-refractivity contribution in [2.24, 2.45) is 5.73 Å². The van der Waals surface area contributed by atoms with Crippen molar-refractivity contribution in [3.05, 3.63) is 35.4 Å². The summed E-state index contributed by atoms with van der Waals surface area (Å²) >= 11 is 0. The van der Waals surface area contributed by atoms with Gasteiger partial charge in [-0.25, -0.2) is 0 Å². The number of carbonyl (C=O) groups is 1. The van der Waals surface area contributed by atoms with Gasteiger partial charge in [0.2, 0.25) is 0 Å². The second-order valence-corrected chi connectivity index (χ2v) is 3.88. The Labute approximate surface area is 95.7 Å². The third kappa shape index (κ3) is 4.42. The molecule has 4 nitrogen and oxygen atoms in total. The Morgan fingerprint density at radius 2 is 2.00 bits per heavy atom. The molecular weight excluding hydrogens is 204 g/mol. The Morgan fingerprint density at radius 1 is 1.38 bits per heavy atom. The van der Waals surface area contributed by atoms with Crippen LogP contribution in [-0.4, -0.2) is 35.6 Å². The summed E-state index contributed by atoms with van der Waals surface area (Å²) in [7, 11) is 0. The van der Waals surface area contributed by atoms with Crippen LogP contribution in [0, 0.1) is 6.92 Å². The van der Waals surface area contributed by atoms with Gasteiger partial charge in [0.1, 0.15) is 0 Å². The van der Waals surface area contributed by atoms with Gasteiger partial charge in [0.05, 0.1) is 6.54 Å². The van der Waals surface area contributed by atoms with E-state index in [1.807, 2.05) is 36.1 Å². The van der Waals surface area contributed by atoms with Crippen LogP contribution in [-0.2, 0) is 11.3 Å². The van der Waals surface area contributed by atoms with Crippen LogP contribution in [0.5, 0.6) is 0 Å². The molecule has 0 unspecified atom stereocenters. The van der Waals surface area contributed by atoms with E-state index in [-0.39, 0.29) is 6.54 Å². The minimum Gasteiger partial charge on any atom is -0.480 e. The number of hydrogen-bond acceptors (Lipinski definition) is 3. The molecule has 0 saturated heterocycles. The van der Waals surface area contributed by atoms with E-state index in [0.29, 0.717) is 19.6 Å². The summed E-state index contributed by atoms with van der Waals surface area (Å²) in [6, 6.07) is 8.08. The molecule has 0 heterocycles. The summed E-state index contributed by atoms with van der Waals surface area (Å²) in [4.78, 5) is 12.5.